The molecule has 0 fully saturated rings. The molecule has 0 aliphatic carbocycles. The molecule has 0 saturated heterocycles. The highest BCUT2D eigenvalue weighted by Gasteiger charge is 2.43. The van der Waals surface area contributed by atoms with Crippen LogP contribution in [0.5, 0.6) is 5.75 Å². The summed E-state index contributed by atoms with van der Waals surface area (Å²) in [5.74, 6) is 0.935. The Morgan fingerprint density at radius 1 is 1.21 bits per heavy atom. The van der Waals surface area contributed by atoms with Crippen LogP contribution in [0.1, 0.15) is 5.56 Å². The molecule has 2 aromatic rings. The number of pyridine rings is 1. The fraction of sp³-hybridized carbons (Fsp3) is 0.133. The number of anilines is 3. The van der Waals surface area contributed by atoms with E-state index >= 15 is 0 Å². The molecule has 3 aliphatic rings. The minimum Gasteiger partial charge on any atom is -0.461 e. The Labute approximate surface area is 110 Å². The van der Waals surface area contributed by atoms with Crippen LogP contribution in [0.3, 0.4) is 0 Å². The van der Waals surface area contributed by atoms with Gasteiger partial charge in [0.15, 0.2) is 5.75 Å². The number of hydrogen-bond donors (Lipinski definition) is 0. The van der Waals surface area contributed by atoms with E-state index < -0.39 is 0 Å². The second kappa shape index (κ2) is 3.09. The molecule has 1 atom stereocenters. The highest BCUT2D eigenvalue weighted by Crippen LogP contribution is 2.54. The van der Waals surface area contributed by atoms with Crippen molar-refractivity contribution < 1.29 is 4.74 Å². The van der Waals surface area contributed by atoms with Crippen molar-refractivity contribution in [3.8, 4) is 5.75 Å². The molecule has 0 saturated carbocycles. The van der Waals surface area contributed by atoms with Crippen LogP contribution in [-0.4, -0.2) is 11.1 Å². The largest absolute Gasteiger partial charge is 0.461 e. The first-order valence-corrected chi connectivity index (χ1v) is 6.40. The molecule has 0 radical (unpaired) electrons. The minimum absolute atomic E-state index is 0.315. The van der Waals surface area contributed by atoms with Gasteiger partial charge >= 0.3 is 0 Å². The van der Waals surface area contributed by atoms with E-state index in [1.807, 2.05) is 30.7 Å². The van der Waals surface area contributed by atoms with Crippen molar-refractivity contribution in [2.24, 2.45) is 0 Å². The van der Waals surface area contributed by atoms with Gasteiger partial charge in [0, 0.05) is 30.7 Å². The first-order chi connectivity index (χ1) is 9.43. The number of para-hydroxylation sites is 1. The van der Waals surface area contributed by atoms with Gasteiger partial charge in [0.25, 0.3) is 0 Å². The third kappa shape index (κ3) is 1.03. The third-order valence-corrected chi connectivity index (χ3v) is 4.07. The lowest BCUT2D eigenvalue weighted by Gasteiger charge is -2.26. The fourth-order valence-electron chi connectivity index (χ4n) is 3.33. The normalized spacial score (nSPS) is 20.9. The molecule has 19 heavy (non-hydrogen) atoms. The third-order valence-electron chi connectivity index (χ3n) is 4.07. The average Bonchev–Trinajstić information content (AvgIpc) is 2.98. The summed E-state index contributed by atoms with van der Waals surface area (Å²) in [6.07, 6.45) is 8.92. The van der Waals surface area contributed by atoms with Gasteiger partial charge in [-0.25, -0.2) is 0 Å². The van der Waals surface area contributed by atoms with E-state index in [-0.39, 0.29) is 0 Å². The summed E-state index contributed by atoms with van der Waals surface area (Å²) < 4.78 is 5.61. The lowest BCUT2D eigenvalue weighted by molar-refractivity contribution is 0.467. The highest BCUT2D eigenvalue weighted by molar-refractivity contribution is 5.91. The maximum absolute atomic E-state index is 5.61. The Hall–Kier alpha value is -2.49. The second-order valence-corrected chi connectivity index (χ2v) is 4.99. The van der Waals surface area contributed by atoms with Crippen LogP contribution in [0.2, 0.25) is 0 Å². The van der Waals surface area contributed by atoms with Crippen molar-refractivity contribution in [2.75, 3.05) is 9.80 Å². The number of aromatic nitrogens is 1. The van der Waals surface area contributed by atoms with Crippen molar-refractivity contribution in [2.45, 2.75) is 12.6 Å². The molecule has 1 unspecified atom stereocenters. The molecule has 4 heteroatoms. The van der Waals surface area contributed by atoms with Crippen LogP contribution in [0, 0.1) is 0 Å². The standard InChI is InChI=1S/C15H11N3O/c1-2-12-15-13(3-1)19-7-6-17(15)14-8-10-9-16-5-4-11(10)18(12)14/h1-7,9,14H,8H2. The van der Waals surface area contributed by atoms with Crippen LogP contribution >= 0.6 is 0 Å². The molecule has 4 nitrogen and oxygen atoms in total. The molecular formula is C15H11N3O. The molecule has 0 bridgehead atoms. The zero-order valence-electron chi connectivity index (χ0n) is 10.2. The summed E-state index contributed by atoms with van der Waals surface area (Å²) >= 11 is 0. The van der Waals surface area contributed by atoms with E-state index in [9.17, 15) is 0 Å². The van der Waals surface area contributed by atoms with E-state index in [4.69, 9.17) is 4.74 Å². The van der Waals surface area contributed by atoms with E-state index in [1.54, 1.807) is 6.26 Å². The Morgan fingerprint density at radius 3 is 3.21 bits per heavy atom. The zero-order valence-corrected chi connectivity index (χ0v) is 10.2. The summed E-state index contributed by atoms with van der Waals surface area (Å²) in [5, 5.41) is 0. The number of benzene rings is 1. The summed E-state index contributed by atoms with van der Waals surface area (Å²) in [7, 11) is 0. The SMILES string of the molecule is C1=CN2c3c(cccc3N3c4ccncc4CC23)O1. The topological polar surface area (TPSA) is 28.6 Å². The fourth-order valence-corrected chi connectivity index (χ4v) is 3.33. The molecule has 0 N–H and O–H groups in total. The second-order valence-electron chi connectivity index (χ2n) is 4.99. The number of fused-ring (bicyclic) bond motifs is 5. The quantitative estimate of drug-likeness (QED) is 0.717. The van der Waals surface area contributed by atoms with Crippen LogP contribution in [0.25, 0.3) is 0 Å². The Morgan fingerprint density at radius 2 is 2.21 bits per heavy atom. The molecule has 5 rings (SSSR count). The average molecular weight is 249 g/mol. The van der Waals surface area contributed by atoms with Gasteiger partial charge in [-0.15, -0.1) is 0 Å². The van der Waals surface area contributed by atoms with Gasteiger partial charge in [-0.2, -0.15) is 0 Å². The number of hydrogen-bond acceptors (Lipinski definition) is 4. The molecule has 1 aromatic heterocycles. The Kier molecular flexibility index (Phi) is 1.54. The van der Waals surface area contributed by atoms with Crippen molar-refractivity contribution in [3.05, 3.63) is 54.7 Å². The van der Waals surface area contributed by atoms with Gasteiger partial charge < -0.3 is 14.5 Å². The number of nitrogens with zero attached hydrogens (tertiary/aromatic N) is 3. The number of ether oxygens (including phenoxy) is 1. The van der Waals surface area contributed by atoms with E-state index in [0.717, 1.165) is 12.2 Å². The summed E-state index contributed by atoms with van der Waals surface area (Å²) in [6, 6.07) is 8.32. The maximum Gasteiger partial charge on any atom is 0.152 e. The lowest BCUT2D eigenvalue weighted by atomic mass is 10.1. The summed E-state index contributed by atoms with van der Waals surface area (Å²) in [4.78, 5) is 8.92. The summed E-state index contributed by atoms with van der Waals surface area (Å²) in [5.41, 5.74) is 4.97. The highest BCUT2D eigenvalue weighted by atomic mass is 16.5. The minimum atomic E-state index is 0.315. The van der Waals surface area contributed by atoms with Crippen molar-refractivity contribution in [1.82, 2.24) is 4.98 Å². The Balaban J connectivity index is 1.80. The number of rotatable bonds is 0. The molecular weight excluding hydrogens is 238 g/mol. The predicted molar refractivity (Wildman–Crippen MR) is 72.6 cm³/mol. The van der Waals surface area contributed by atoms with Gasteiger partial charge in [-0.1, -0.05) is 6.07 Å². The first-order valence-electron chi connectivity index (χ1n) is 6.40. The lowest BCUT2D eigenvalue weighted by Crippen LogP contribution is -2.36. The van der Waals surface area contributed by atoms with Crippen molar-refractivity contribution >= 4 is 17.1 Å². The Bertz CT molecular complexity index is 725. The predicted octanol–water partition coefficient (Wildman–Crippen LogP) is 2.79. The molecule has 0 spiro atoms. The van der Waals surface area contributed by atoms with E-state index in [1.165, 1.54) is 22.6 Å². The molecule has 0 amide bonds. The first kappa shape index (κ1) is 9.44. The van der Waals surface area contributed by atoms with Gasteiger partial charge in [0.05, 0.1) is 5.69 Å². The molecule has 3 aliphatic heterocycles. The van der Waals surface area contributed by atoms with Crippen molar-refractivity contribution in [1.29, 1.82) is 0 Å². The van der Waals surface area contributed by atoms with Gasteiger partial charge in [0.2, 0.25) is 0 Å². The molecule has 4 heterocycles. The monoisotopic (exact) mass is 249 g/mol. The van der Waals surface area contributed by atoms with Gasteiger partial charge in [-0.05, 0) is 23.8 Å². The molecule has 92 valence electrons. The van der Waals surface area contributed by atoms with Gasteiger partial charge in [0.1, 0.15) is 18.1 Å². The zero-order chi connectivity index (χ0) is 12.4. The molecule has 1 aromatic carbocycles. The van der Waals surface area contributed by atoms with Crippen LogP contribution in [-0.2, 0) is 6.42 Å². The van der Waals surface area contributed by atoms with Crippen molar-refractivity contribution in [3.63, 3.8) is 0 Å². The van der Waals surface area contributed by atoms with Crippen LogP contribution in [0.15, 0.2) is 49.1 Å². The van der Waals surface area contributed by atoms with Gasteiger partial charge in [-0.3, -0.25) is 4.98 Å². The van der Waals surface area contributed by atoms with E-state index in [2.05, 4.69) is 26.9 Å². The summed E-state index contributed by atoms with van der Waals surface area (Å²) in [6.45, 7) is 0. The smallest absolute Gasteiger partial charge is 0.152 e. The van der Waals surface area contributed by atoms with E-state index in [0.29, 0.717) is 6.17 Å². The van der Waals surface area contributed by atoms with Crippen LogP contribution < -0.4 is 14.5 Å². The van der Waals surface area contributed by atoms with Crippen LogP contribution in [0.4, 0.5) is 17.1 Å². The maximum atomic E-state index is 5.61.